The summed E-state index contributed by atoms with van der Waals surface area (Å²) in [6.07, 6.45) is 0.927. The molecular formula is C17H14FN. The highest BCUT2D eigenvalue weighted by Crippen LogP contribution is 2.41. The van der Waals surface area contributed by atoms with Gasteiger partial charge in [-0.2, -0.15) is 0 Å². The minimum atomic E-state index is -0.153. The van der Waals surface area contributed by atoms with E-state index < -0.39 is 0 Å². The average Bonchev–Trinajstić information content (AvgIpc) is 2.92. The van der Waals surface area contributed by atoms with E-state index in [9.17, 15) is 4.39 Å². The zero-order chi connectivity index (χ0) is 13.0. The van der Waals surface area contributed by atoms with Crippen LogP contribution in [0.25, 0.3) is 22.2 Å². The number of aromatic nitrogens is 1. The first-order valence-electron chi connectivity index (χ1n) is 6.68. The lowest BCUT2D eigenvalue weighted by Gasteiger charge is -2.01. The van der Waals surface area contributed by atoms with E-state index in [2.05, 4.69) is 35.8 Å². The summed E-state index contributed by atoms with van der Waals surface area (Å²) in [6, 6.07) is 13.6. The van der Waals surface area contributed by atoms with Crippen molar-refractivity contribution in [2.75, 3.05) is 0 Å². The predicted molar refractivity (Wildman–Crippen MR) is 75.8 cm³/mol. The first-order valence-corrected chi connectivity index (χ1v) is 6.68. The third-order valence-corrected chi connectivity index (χ3v) is 4.08. The van der Waals surface area contributed by atoms with Crippen LogP contribution in [-0.2, 0) is 13.0 Å². The summed E-state index contributed by atoms with van der Waals surface area (Å²) in [4.78, 5) is 0. The Morgan fingerprint density at radius 2 is 2.00 bits per heavy atom. The van der Waals surface area contributed by atoms with E-state index in [0.717, 1.165) is 23.9 Å². The molecule has 1 nitrogen and oxygen atoms in total. The van der Waals surface area contributed by atoms with Gasteiger partial charge >= 0.3 is 0 Å². The molecular weight excluding hydrogens is 237 g/mol. The van der Waals surface area contributed by atoms with Crippen molar-refractivity contribution in [1.29, 1.82) is 0 Å². The summed E-state index contributed by atoms with van der Waals surface area (Å²) in [7, 11) is 0. The normalized spacial score (nSPS) is 12.7. The van der Waals surface area contributed by atoms with Crippen LogP contribution in [0, 0.1) is 5.82 Å². The summed E-state index contributed by atoms with van der Waals surface area (Å²) >= 11 is 0. The molecule has 0 unspecified atom stereocenters. The van der Waals surface area contributed by atoms with Gasteiger partial charge in [-0.15, -0.1) is 0 Å². The standard InChI is InChI=1S/C17H14FN/c1-2-13-15-9-12(18)7-8-16(15)19-10-11-5-3-4-6-14(11)17(13)19/h3-9H,2,10H2,1H3. The molecule has 1 aliphatic heterocycles. The minimum absolute atomic E-state index is 0.153. The topological polar surface area (TPSA) is 4.93 Å². The molecule has 0 bridgehead atoms. The zero-order valence-electron chi connectivity index (χ0n) is 10.8. The molecule has 2 aromatic carbocycles. The Bertz CT molecular complexity index is 798. The highest BCUT2D eigenvalue weighted by atomic mass is 19.1. The fourth-order valence-electron chi connectivity index (χ4n) is 3.29. The van der Waals surface area contributed by atoms with Crippen LogP contribution in [-0.4, -0.2) is 4.57 Å². The summed E-state index contributed by atoms with van der Waals surface area (Å²) in [5, 5.41) is 1.06. The van der Waals surface area contributed by atoms with Crippen molar-refractivity contribution in [1.82, 2.24) is 4.57 Å². The molecule has 0 saturated carbocycles. The molecule has 0 saturated heterocycles. The Kier molecular flexibility index (Phi) is 2.10. The van der Waals surface area contributed by atoms with Crippen molar-refractivity contribution in [3.8, 4) is 11.3 Å². The van der Waals surface area contributed by atoms with Gasteiger partial charge in [0.1, 0.15) is 5.82 Å². The van der Waals surface area contributed by atoms with Crippen LogP contribution in [0.5, 0.6) is 0 Å². The van der Waals surface area contributed by atoms with E-state index in [1.165, 1.54) is 22.4 Å². The molecule has 2 heterocycles. The van der Waals surface area contributed by atoms with Crippen molar-refractivity contribution < 1.29 is 4.39 Å². The largest absolute Gasteiger partial charge is 0.336 e. The van der Waals surface area contributed by atoms with Crippen molar-refractivity contribution >= 4 is 10.9 Å². The second kappa shape index (κ2) is 3.70. The Labute approximate surface area is 111 Å². The molecule has 0 amide bonds. The maximum absolute atomic E-state index is 13.5. The molecule has 0 radical (unpaired) electrons. The van der Waals surface area contributed by atoms with Gasteiger partial charge < -0.3 is 4.57 Å². The van der Waals surface area contributed by atoms with Crippen LogP contribution >= 0.6 is 0 Å². The molecule has 0 spiro atoms. The molecule has 19 heavy (non-hydrogen) atoms. The number of benzene rings is 2. The first-order chi connectivity index (χ1) is 9.29. The van der Waals surface area contributed by atoms with Crippen LogP contribution in [0.3, 0.4) is 0 Å². The Morgan fingerprint density at radius 1 is 1.16 bits per heavy atom. The smallest absolute Gasteiger partial charge is 0.123 e. The zero-order valence-corrected chi connectivity index (χ0v) is 10.8. The van der Waals surface area contributed by atoms with Crippen LogP contribution in [0.15, 0.2) is 42.5 Å². The highest BCUT2D eigenvalue weighted by Gasteiger charge is 2.24. The molecule has 0 atom stereocenters. The van der Waals surface area contributed by atoms with Gasteiger partial charge in [-0.1, -0.05) is 31.2 Å². The maximum atomic E-state index is 13.5. The fourth-order valence-corrected chi connectivity index (χ4v) is 3.29. The summed E-state index contributed by atoms with van der Waals surface area (Å²) in [5.41, 5.74) is 6.34. The quantitative estimate of drug-likeness (QED) is 0.473. The molecule has 3 aromatic rings. The maximum Gasteiger partial charge on any atom is 0.123 e. The molecule has 94 valence electrons. The van der Waals surface area contributed by atoms with E-state index in [1.54, 1.807) is 12.1 Å². The molecule has 1 aliphatic rings. The van der Waals surface area contributed by atoms with Gasteiger partial charge in [0.2, 0.25) is 0 Å². The number of halogens is 1. The van der Waals surface area contributed by atoms with Gasteiger partial charge in [0.15, 0.2) is 0 Å². The summed E-state index contributed by atoms with van der Waals surface area (Å²) in [6.45, 7) is 3.04. The lowest BCUT2D eigenvalue weighted by Crippen LogP contribution is -1.92. The van der Waals surface area contributed by atoms with Gasteiger partial charge in [0.05, 0.1) is 5.69 Å². The van der Waals surface area contributed by atoms with Gasteiger partial charge in [0, 0.05) is 23.0 Å². The molecule has 1 aromatic heterocycles. The van der Waals surface area contributed by atoms with Crippen LogP contribution in [0.1, 0.15) is 18.1 Å². The second-order valence-electron chi connectivity index (χ2n) is 5.09. The second-order valence-corrected chi connectivity index (χ2v) is 5.09. The number of rotatable bonds is 1. The van der Waals surface area contributed by atoms with Crippen molar-refractivity contribution in [3.05, 3.63) is 59.4 Å². The number of hydrogen-bond acceptors (Lipinski definition) is 0. The third-order valence-electron chi connectivity index (χ3n) is 4.08. The molecule has 4 rings (SSSR count). The Hall–Kier alpha value is -2.09. The minimum Gasteiger partial charge on any atom is -0.336 e. The van der Waals surface area contributed by atoms with E-state index in [-0.39, 0.29) is 5.82 Å². The van der Waals surface area contributed by atoms with E-state index in [4.69, 9.17) is 0 Å². The average molecular weight is 251 g/mol. The predicted octanol–water partition coefficient (Wildman–Crippen LogP) is 4.37. The summed E-state index contributed by atoms with van der Waals surface area (Å²) < 4.78 is 15.8. The molecule has 2 heteroatoms. The van der Waals surface area contributed by atoms with Gasteiger partial charge in [0.25, 0.3) is 0 Å². The van der Waals surface area contributed by atoms with Crippen LogP contribution in [0.4, 0.5) is 4.39 Å². The SMILES string of the molecule is CCc1c2n(c3ccc(F)cc13)Cc1ccccc1-2. The lowest BCUT2D eigenvalue weighted by molar-refractivity contribution is 0.629. The summed E-state index contributed by atoms with van der Waals surface area (Å²) in [5.74, 6) is -0.153. The first kappa shape index (κ1) is 10.8. The van der Waals surface area contributed by atoms with Crippen molar-refractivity contribution in [3.63, 3.8) is 0 Å². The number of nitrogens with zero attached hydrogens (tertiary/aromatic N) is 1. The fraction of sp³-hybridized carbons (Fsp3) is 0.176. The van der Waals surface area contributed by atoms with Crippen molar-refractivity contribution in [2.24, 2.45) is 0 Å². The van der Waals surface area contributed by atoms with Gasteiger partial charge in [-0.05, 0) is 35.7 Å². The molecule has 0 aliphatic carbocycles. The number of aryl methyl sites for hydroxylation is 1. The van der Waals surface area contributed by atoms with Crippen molar-refractivity contribution in [2.45, 2.75) is 19.9 Å². The third kappa shape index (κ3) is 1.34. The van der Waals surface area contributed by atoms with Gasteiger partial charge in [-0.3, -0.25) is 0 Å². The lowest BCUT2D eigenvalue weighted by atomic mass is 10.0. The van der Waals surface area contributed by atoms with Crippen LogP contribution < -0.4 is 0 Å². The Balaban J connectivity index is 2.14. The van der Waals surface area contributed by atoms with E-state index in [0.29, 0.717) is 0 Å². The number of fused-ring (bicyclic) bond motifs is 5. The molecule has 0 fully saturated rings. The van der Waals surface area contributed by atoms with Crippen LogP contribution in [0.2, 0.25) is 0 Å². The monoisotopic (exact) mass is 251 g/mol. The van der Waals surface area contributed by atoms with E-state index >= 15 is 0 Å². The molecule has 0 N–H and O–H groups in total. The van der Waals surface area contributed by atoms with Gasteiger partial charge in [-0.25, -0.2) is 4.39 Å². The Morgan fingerprint density at radius 3 is 2.84 bits per heavy atom. The number of hydrogen-bond donors (Lipinski definition) is 0. The highest BCUT2D eigenvalue weighted by molar-refractivity contribution is 5.94. The van der Waals surface area contributed by atoms with E-state index in [1.807, 2.05) is 6.07 Å².